The van der Waals surface area contributed by atoms with E-state index in [1.807, 2.05) is 0 Å². The molecule has 0 aliphatic carbocycles. The van der Waals surface area contributed by atoms with Crippen molar-refractivity contribution < 1.29 is 9.90 Å². The third-order valence-corrected chi connectivity index (χ3v) is 2.68. The molecule has 0 atom stereocenters. The summed E-state index contributed by atoms with van der Waals surface area (Å²) in [5.74, 6) is -1.12. The fraction of sp³-hybridized carbons (Fsp3) is 0.0909. The molecule has 0 saturated carbocycles. The van der Waals surface area contributed by atoms with Crippen LogP contribution in [0.5, 0.6) is 0 Å². The molecule has 1 aromatic heterocycles. The van der Waals surface area contributed by atoms with E-state index in [1.54, 1.807) is 25.2 Å². The van der Waals surface area contributed by atoms with Gasteiger partial charge in [-0.3, -0.25) is 4.79 Å². The molecular formula is C11H8ClNO3. The van der Waals surface area contributed by atoms with Gasteiger partial charge < -0.3 is 9.67 Å². The van der Waals surface area contributed by atoms with Gasteiger partial charge in [-0.15, -0.1) is 0 Å². The van der Waals surface area contributed by atoms with Gasteiger partial charge in [0.1, 0.15) is 0 Å². The molecule has 0 unspecified atom stereocenters. The van der Waals surface area contributed by atoms with Crippen molar-refractivity contribution in [2.75, 3.05) is 0 Å². The second kappa shape index (κ2) is 3.64. The molecule has 5 heteroatoms. The Bertz CT molecular complexity index is 645. The quantitative estimate of drug-likeness (QED) is 0.824. The monoisotopic (exact) mass is 237 g/mol. The van der Waals surface area contributed by atoms with Gasteiger partial charge in [-0.2, -0.15) is 0 Å². The molecule has 2 aromatic rings. The van der Waals surface area contributed by atoms with Crippen LogP contribution >= 0.6 is 11.6 Å². The summed E-state index contributed by atoms with van der Waals surface area (Å²) < 4.78 is 1.37. The van der Waals surface area contributed by atoms with Crippen molar-refractivity contribution >= 4 is 28.5 Å². The molecule has 1 N–H and O–H groups in total. The maximum absolute atomic E-state index is 11.5. The topological polar surface area (TPSA) is 59.3 Å². The Kier molecular flexibility index (Phi) is 2.44. The van der Waals surface area contributed by atoms with Crippen LogP contribution in [-0.2, 0) is 7.05 Å². The maximum atomic E-state index is 11.5. The molecule has 1 heterocycles. The van der Waals surface area contributed by atoms with E-state index in [2.05, 4.69) is 0 Å². The summed E-state index contributed by atoms with van der Waals surface area (Å²) in [6, 6.07) is 5.88. The van der Waals surface area contributed by atoms with E-state index in [1.165, 1.54) is 4.57 Å². The number of carboxylic acids is 1. The largest absolute Gasteiger partial charge is 0.478 e. The van der Waals surface area contributed by atoms with E-state index in [0.717, 1.165) is 6.07 Å². The smallest absolute Gasteiger partial charge is 0.336 e. The first-order valence-electron chi connectivity index (χ1n) is 4.53. The molecule has 1 aromatic carbocycles. The summed E-state index contributed by atoms with van der Waals surface area (Å²) in [4.78, 5) is 22.5. The SMILES string of the molecule is Cn1c(=O)cc(C(=O)O)c2ccc(Cl)cc21. The van der Waals surface area contributed by atoms with Crippen molar-refractivity contribution in [1.82, 2.24) is 4.57 Å². The van der Waals surface area contributed by atoms with E-state index >= 15 is 0 Å². The number of carbonyl (C=O) groups is 1. The molecule has 0 fully saturated rings. The highest BCUT2D eigenvalue weighted by Crippen LogP contribution is 2.20. The fourth-order valence-electron chi connectivity index (χ4n) is 1.60. The van der Waals surface area contributed by atoms with Gasteiger partial charge in [-0.1, -0.05) is 17.7 Å². The Balaban J connectivity index is 3.01. The lowest BCUT2D eigenvalue weighted by molar-refractivity contribution is 0.0699. The van der Waals surface area contributed by atoms with Gasteiger partial charge in [0.15, 0.2) is 0 Å². The van der Waals surface area contributed by atoms with Crippen molar-refractivity contribution in [2.24, 2.45) is 7.05 Å². The molecule has 0 radical (unpaired) electrons. The maximum Gasteiger partial charge on any atom is 0.336 e. The normalized spacial score (nSPS) is 10.6. The highest BCUT2D eigenvalue weighted by molar-refractivity contribution is 6.31. The number of fused-ring (bicyclic) bond motifs is 1. The summed E-state index contributed by atoms with van der Waals surface area (Å²) in [7, 11) is 1.58. The molecule has 0 spiro atoms. The van der Waals surface area contributed by atoms with Gasteiger partial charge in [0.25, 0.3) is 5.56 Å². The number of aryl methyl sites for hydroxylation is 1. The molecular weight excluding hydrogens is 230 g/mol. The van der Waals surface area contributed by atoms with Gasteiger partial charge in [-0.25, -0.2) is 4.79 Å². The lowest BCUT2D eigenvalue weighted by Crippen LogP contribution is -2.18. The average Bonchev–Trinajstić information content (AvgIpc) is 2.23. The molecule has 0 aliphatic rings. The number of benzene rings is 1. The molecule has 4 nitrogen and oxygen atoms in total. The zero-order chi connectivity index (χ0) is 11.9. The van der Waals surface area contributed by atoms with Crippen LogP contribution in [0.3, 0.4) is 0 Å². The van der Waals surface area contributed by atoms with Gasteiger partial charge >= 0.3 is 5.97 Å². The summed E-state index contributed by atoms with van der Waals surface area (Å²) in [6.07, 6.45) is 0. The van der Waals surface area contributed by atoms with Gasteiger partial charge in [0, 0.05) is 23.5 Å². The number of nitrogens with zero attached hydrogens (tertiary/aromatic N) is 1. The average molecular weight is 238 g/mol. The van der Waals surface area contributed by atoms with Crippen LogP contribution in [-0.4, -0.2) is 15.6 Å². The molecule has 82 valence electrons. The summed E-state index contributed by atoms with van der Waals surface area (Å²) in [6.45, 7) is 0. The lowest BCUT2D eigenvalue weighted by Gasteiger charge is -2.07. The highest BCUT2D eigenvalue weighted by atomic mass is 35.5. The molecule has 0 aliphatic heterocycles. The van der Waals surface area contributed by atoms with Crippen molar-refractivity contribution in [2.45, 2.75) is 0 Å². The Morgan fingerprint density at radius 1 is 1.38 bits per heavy atom. The molecule has 0 saturated heterocycles. The van der Waals surface area contributed by atoms with Crippen LogP contribution in [0.15, 0.2) is 29.1 Å². The second-order valence-electron chi connectivity index (χ2n) is 3.42. The van der Waals surface area contributed by atoms with Crippen LogP contribution in [0.2, 0.25) is 5.02 Å². The van der Waals surface area contributed by atoms with Gasteiger partial charge in [0.2, 0.25) is 0 Å². The number of rotatable bonds is 1. The molecule has 0 amide bonds. The zero-order valence-electron chi connectivity index (χ0n) is 8.40. The number of pyridine rings is 1. The third kappa shape index (κ3) is 1.57. The second-order valence-corrected chi connectivity index (χ2v) is 3.86. The minimum absolute atomic E-state index is 0.00485. The minimum atomic E-state index is -1.12. The fourth-order valence-corrected chi connectivity index (χ4v) is 1.77. The van der Waals surface area contributed by atoms with E-state index in [4.69, 9.17) is 16.7 Å². The van der Waals surface area contributed by atoms with Gasteiger partial charge in [0.05, 0.1) is 11.1 Å². The summed E-state index contributed by atoms with van der Waals surface area (Å²) in [5, 5.41) is 9.95. The number of hydrogen-bond acceptors (Lipinski definition) is 2. The Hall–Kier alpha value is -1.81. The van der Waals surface area contributed by atoms with Crippen LogP contribution in [0.4, 0.5) is 0 Å². The number of carboxylic acid groups (broad SMARTS) is 1. The van der Waals surface area contributed by atoms with Crippen LogP contribution < -0.4 is 5.56 Å². The summed E-state index contributed by atoms with van der Waals surface area (Å²) in [5.41, 5.74) is 0.138. The van der Waals surface area contributed by atoms with Crippen LogP contribution in [0, 0.1) is 0 Å². The Morgan fingerprint density at radius 2 is 2.06 bits per heavy atom. The number of aromatic carboxylic acids is 1. The first-order chi connectivity index (χ1) is 7.50. The van der Waals surface area contributed by atoms with E-state index in [9.17, 15) is 9.59 Å². The van der Waals surface area contributed by atoms with Crippen LogP contribution in [0.25, 0.3) is 10.9 Å². The van der Waals surface area contributed by atoms with Crippen molar-refractivity contribution in [3.63, 3.8) is 0 Å². The molecule has 2 rings (SSSR count). The molecule has 16 heavy (non-hydrogen) atoms. The number of halogens is 1. The minimum Gasteiger partial charge on any atom is -0.478 e. The third-order valence-electron chi connectivity index (χ3n) is 2.44. The number of aromatic nitrogens is 1. The zero-order valence-corrected chi connectivity index (χ0v) is 9.15. The van der Waals surface area contributed by atoms with E-state index in [0.29, 0.717) is 15.9 Å². The van der Waals surface area contributed by atoms with Crippen molar-refractivity contribution in [3.8, 4) is 0 Å². The van der Waals surface area contributed by atoms with E-state index in [-0.39, 0.29) is 11.1 Å². The van der Waals surface area contributed by atoms with E-state index < -0.39 is 5.97 Å². The van der Waals surface area contributed by atoms with Crippen LogP contribution in [0.1, 0.15) is 10.4 Å². The number of hydrogen-bond donors (Lipinski definition) is 1. The Labute approximate surface area is 95.7 Å². The highest BCUT2D eigenvalue weighted by Gasteiger charge is 2.12. The molecule has 0 bridgehead atoms. The first-order valence-corrected chi connectivity index (χ1v) is 4.91. The standard InChI is InChI=1S/C11H8ClNO3/c1-13-9-4-6(12)2-3-7(9)8(11(15)16)5-10(13)14/h2-5H,1H3,(H,15,16). The lowest BCUT2D eigenvalue weighted by atomic mass is 10.1. The van der Waals surface area contributed by atoms with Gasteiger partial charge in [-0.05, 0) is 12.1 Å². The van der Waals surface area contributed by atoms with Crippen molar-refractivity contribution in [1.29, 1.82) is 0 Å². The first kappa shape index (κ1) is 10.7. The predicted octanol–water partition coefficient (Wildman–Crippen LogP) is 1.89. The van der Waals surface area contributed by atoms with Crippen molar-refractivity contribution in [3.05, 3.63) is 45.2 Å². The predicted molar refractivity (Wildman–Crippen MR) is 61.2 cm³/mol. The summed E-state index contributed by atoms with van der Waals surface area (Å²) >= 11 is 5.81. The Morgan fingerprint density at radius 3 is 2.69 bits per heavy atom.